The minimum atomic E-state index is -3.02. The lowest BCUT2D eigenvalue weighted by Gasteiger charge is -2.16. The van der Waals surface area contributed by atoms with Crippen molar-refractivity contribution < 1.29 is 27.0 Å². The van der Waals surface area contributed by atoms with Crippen LogP contribution in [0.25, 0.3) is 27.9 Å². The molecule has 2 N–H and O–H groups in total. The van der Waals surface area contributed by atoms with E-state index in [1.807, 2.05) is 0 Å². The van der Waals surface area contributed by atoms with Crippen molar-refractivity contribution in [1.82, 2.24) is 19.9 Å². The lowest BCUT2D eigenvalue weighted by molar-refractivity contribution is -0.0498. The van der Waals surface area contributed by atoms with Gasteiger partial charge in [-0.2, -0.15) is 8.78 Å². The van der Waals surface area contributed by atoms with Gasteiger partial charge in [-0.25, -0.2) is 18.7 Å². The molecule has 0 fully saturated rings. The summed E-state index contributed by atoms with van der Waals surface area (Å²) in [7, 11) is 1.68. The number of fused-ring (bicyclic) bond motifs is 1. The molecule has 0 spiro atoms. The van der Waals surface area contributed by atoms with E-state index in [0.717, 1.165) is 6.20 Å². The highest BCUT2D eigenvalue weighted by Gasteiger charge is 2.19. The molecular weight excluding hydrogens is 482 g/mol. The molecule has 1 aliphatic rings. The van der Waals surface area contributed by atoms with Crippen molar-refractivity contribution in [3.05, 3.63) is 77.0 Å². The van der Waals surface area contributed by atoms with Gasteiger partial charge in [0.25, 0.3) is 12.0 Å². The van der Waals surface area contributed by atoms with Gasteiger partial charge in [0, 0.05) is 30.7 Å². The second-order valence-corrected chi connectivity index (χ2v) is 7.43. The number of ether oxygens (including phenoxy) is 2. The molecule has 0 amide bonds. The van der Waals surface area contributed by atoms with E-state index in [1.165, 1.54) is 41.1 Å². The Bertz CT molecular complexity index is 1450. The predicted octanol–water partition coefficient (Wildman–Crippen LogP) is 4.24. The van der Waals surface area contributed by atoms with Gasteiger partial charge in [-0.05, 0) is 35.9 Å². The number of halogens is 4. The number of rotatable bonds is 8. The van der Waals surface area contributed by atoms with Crippen molar-refractivity contribution in [3.8, 4) is 22.8 Å². The minimum Gasteiger partial charge on any atom is -0.470 e. The Hall–Kier alpha value is -4.48. The van der Waals surface area contributed by atoms with Gasteiger partial charge < -0.3 is 20.2 Å². The predicted molar refractivity (Wildman–Crippen MR) is 126 cm³/mol. The first-order valence-electron chi connectivity index (χ1n) is 10.5. The Morgan fingerprint density at radius 3 is 2.58 bits per heavy atom. The van der Waals surface area contributed by atoms with E-state index in [2.05, 4.69) is 20.0 Å². The van der Waals surface area contributed by atoms with Crippen LogP contribution in [0, 0.1) is 5.41 Å². The van der Waals surface area contributed by atoms with Gasteiger partial charge in [-0.15, -0.1) is 0 Å². The van der Waals surface area contributed by atoms with E-state index < -0.39 is 25.2 Å². The molecule has 12 heteroatoms. The fourth-order valence-electron chi connectivity index (χ4n) is 3.51. The highest BCUT2D eigenvalue weighted by molar-refractivity contribution is 6.12. The van der Waals surface area contributed by atoms with Gasteiger partial charge in [0.2, 0.25) is 5.88 Å². The maximum atomic E-state index is 13.7. The third kappa shape index (κ3) is 5.27. The smallest absolute Gasteiger partial charge is 0.387 e. The maximum Gasteiger partial charge on any atom is 0.387 e. The van der Waals surface area contributed by atoms with Crippen molar-refractivity contribution in [3.63, 3.8) is 0 Å². The molecule has 1 aliphatic carbocycles. The second-order valence-electron chi connectivity index (χ2n) is 7.43. The van der Waals surface area contributed by atoms with Crippen molar-refractivity contribution in [1.29, 1.82) is 5.41 Å². The molecule has 3 aromatic rings. The van der Waals surface area contributed by atoms with Crippen molar-refractivity contribution in [2.75, 3.05) is 13.7 Å². The van der Waals surface area contributed by atoms with Crippen LogP contribution in [0.4, 0.5) is 17.6 Å². The highest BCUT2D eigenvalue weighted by atomic mass is 19.3. The van der Waals surface area contributed by atoms with Crippen LogP contribution in [0.15, 0.2) is 71.5 Å². The molecule has 1 aromatic carbocycles. The van der Waals surface area contributed by atoms with Gasteiger partial charge >= 0.3 is 6.61 Å². The summed E-state index contributed by atoms with van der Waals surface area (Å²) in [6.07, 6.45) is 6.20. The van der Waals surface area contributed by atoms with Crippen LogP contribution in [-0.2, 0) is 0 Å². The van der Waals surface area contributed by atoms with Gasteiger partial charge in [0.1, 0.15) is 16.8 Å². The van der Waals surface area contributed by atoms with Crippen LogP contribution in [0.1, 0.15) is 0 Å². The summed E-state index contributed by atoms with van der Waals surface area (Å²) in [5.74, 6) is -0.317. The van der Waals surface area contributed by atoms with E-state index in [1.54, 1.807) is 25.4 Å². The van der Waals surface area contributed by atoms with E-state index in [9.17, 15) is 22.4 Å². The van der Waals surface area contributed by atoms with Crippen molar-refractivity contribution >= 4 is 22.4 Å². The topological polar surface area (TPSA) is 102 Å². The first-order chi connectivity index (χ1) is 17.3. The fourth-order valence-corrected chi connectivity index (χ4v) is 3.51. The van der Waals surface area contributed by atoms with E-state index >= 15 is 0 Å². The first kappa shape index (κ1) is 24.6. The van der Waals surface area contributed by atoms with Crippen LogP contribution in [0.3, 0.4) is 0 Å². The Balaban J connectivity index is 1.91. The number of allylic oxidation sites excluding steroid dienone is 5. The summed E-state index contributed by atoms with van der Waals surface area (Å²) in [6, 6.07) is 5.34. The van der Waals surface area contributed by atoms with Gasteiger partial charge in [-0.3, -0.25) is 9.36 Å². The van der Waals surface area contributed by atoms with Crippen LogP contribution < -0.4 is 20.3 Å². The Morgan fingerprint density at radius 2 is 1.92 bits per heavy atom. The van der Waals surface area contributed by atoms with Gasteiger partial charge in [0.05, 0.1) is 17.5 Å². The molecule has 0 bridgehead atoms. The second kappa shape index (κ2) is 10.4. The SMILES string of the molecule is CN/C=C1/C=C(n2cc3ncc(OCC(F)F)nc3c(-c3ccc(OC(F)F)cc3)c2=O)C=CC1=N. The Morgan fingerprint density at radius 1 is 1.17 bits per heavy atom. The van der Waals surface area contributed by atoms with Crippen LogP contribution >= 0.6 is 0 Å². The monoisotopic (exact) mass is 501 g/mol. The molecule has 0 aliphatic heterocycles. The average molecular weight is 501 g/mol. The third-order valence-corrected chi connectivity index (χ3v) is 5.04. The number of pyridine rings is 1. The standard InChI is InChI=1S/C24H19F4N5O3/c1-30-9-14-8-15(4-7-17(14)29)33-11-18-22(32-20(10-31-18)35-12-19(25)26)21(23(33)34)13-2-5-16(6-3-13)36-24(27)28/h2-11,19,24,29-30H,12H2,1H3/b14-9-,29-17?. The zero-order chi connectivity index (χ0) is 25.8. The van der Waals surface area contributed by atoms with Crippen LogP contribution in [-0.4, -0.2) is 46.9 Å². The highest BCUT2D eigenvalue weighted by Crippen LogP contribution is 2.28. The molecule has 0 saturated carbocycles. The Labute approximate surface area is 201 Å². The summed E-state index contributed by atoms with van der Waals surface area (Å²) in [5.41, 5.74) is 1.31. The summed E-state index contributed by atoms with van der Waals surface area (Å²) >= 11 is 0. The molecule has 8 nitrogen and oxygen atoms in total. The number of hydrogen-bond acceptors (Lipinski definition) is 7. The lowest BCUT2D eigenvalue weighted by Crippen LogP contribution is -2.22. The average Bonchev–Trinajstić information content (AvgIpc) is 2.84. The summed E-state index contributed by atoms with van der Waals surface area (Å²) in [5, 5.41) is 10.9. The Kier molecular flexibility index (Phi) is 7.13. The number of benzene rings is 1. The van der Waals surface area contributed by atoms with E-state index in [0.29, 0.717) is 16.8 Å². The van der Waals surface area contributed by atoms with Gasteiger partial charge in [-0.1, -0.05) is 12.1 Å². The maximum absolute atomic E-state index is 13.7. The molecule has 0 atom stereocenters. The summed E-state index contributed by atoms with van der Waals surface area (Å²) in [4.78, 5) is 22.1. The largest absolute Gasteiger partial charge is 0.470 e. The normalized spacial score (nSPS) is 14.6. The molecule has 36 heavy (non-hydrogen) atoms. The zero-order valence-corrected chi connectivity index (χ0v) is 18.7. The number of nitrogens with one attached hydrogen (secondary N) is 2. The van der Waals surface area contributed by atoms with Crippen molar-refractivity contribution in [2.45, 2.75) is 13.0 Å². The van der Waals surface area contributed by atoms with Crippen molar-refractivity contribution in [2.24, 2.45) is 0 Å². The number of aromatic nitrogens is 3. The number of alkyl halides is 4. The van der Waals surface area contributed by atoms with E-state index in [-0.39, 0.29) is 33.9 Å². The number of hydrogen-bond donors (Lipinski definition) is 2. The molecule has 0 saturated heterocycles. The van der Waals surface area contributed by atoms with Crippen LogP contribution in [0.2, 0.25) is 0 Å². The first-order valence-corrected chi connectivity index (χ1v) is 10.5. The van der Waals surface area contributed by atoms with Gasteiger partial charge in [0.15, 0.2) is 6.61 Å². The van der Waals surface area contributed by atoms with Crippen LogP contribution in [0.5, 0.6) is 11.6 Å². The molecule has 2 heterocycles. The zero-order valence-electron chi connectivity index (χ0n) is 18.7. The molecule has 2 aromatic heterocycles. The molecular formula is C24H19F4N5O3. The number of nitrogens with zero attached hydrogens (tertiary/aromatic N) is 3. The lowest BCUT2D eigenvalue weighted by atomic mass is 10.0. The van der Waals surface area contributed by atoms with E-state index in [4.69, 9.17) is 10.1 Å². The summed E-state index contributed by atoms with van der Waals surface area (Å²) in [6.45, 7) is -3.93. The quantitative estimate of drug-likeness (QED) is 0.448. The summed E-state index contributed by atoms with van der Waals surface area (Å²) < 4.78 is 61.0. The molecule has 0 radical (unpaired) electrons. The third-order valence-electron chi connectivity index (χ3n) is 5.04. The molecule has 186 valence electrons. The molecule has 0 unspecified atom stereocenters. The minimum absolute atomic E-state index is 0.0418. The molecule has 4 rings (SSSR count). The fraction of sp³-hybridized carbons (Fsp3) is 0.167.